The zero-order valence-corrected chi connectivity index (χ0v) is 22.4. The smallest absolute Gasteiger partial charge is 0.331 e. The normalized spacial score (nSPS) is 16.9. The number of aryl methyl sites for hydroxylation is 1. The van der Waals surface area contributed by atoms with E-state index in [-0.39, 0.29) is 17.9 Å². The quantitative estimate of drug-likeness (QED) is 0.427. The number of likely N-dealkylation sites (tertiary alicyclic amines) is 1. The summed E-state index contributed by atoms with van der Waals surface area (Å²) < 4.78 is 5.74. The Morgan fingerprint density at radius 2 is 2.16 bits per heavy atom. The number of urea groups is 1. The van der Waals surface area contributed by atoms with E-state index in [2.05, 4.69) is 41.0 Å². The number of ether oxygens (including phenoxy) is 1. The molecule has 0 bridgehead atoms. The molecular formula is C27H30N6O4S. The van der Waals surface area contributed by atoms with Crippen LogP contribution in [0.25, 0.3) is 10.2 Å². The zero-order chi connectivity index (χ0) is 27.0. The Morgan fingerprint density at radius 1 is 1.34 bits per heavy atom. The van der Waals surface area contributed by atoms with Crippen LogP contribution in [0.1, 0.15) is 41.9 Å². The number of nitrogens with one attached hydrogen (secondary N) is 2. The van der Waals surface area contributed by atoms with Gasteiger partial charge >= 0.3 is 6.03 Å². The minimum atomic E-state index is -0.390. The lowest BCUT2D eigenvalue weighted by Crippen LogP contribution is -2.49. The molecule has 0 radical (unpaired) electrons. The summed E-state index contributed by atoms with van der Waals surface area (Å²) in [6.45, 7) is 11.2. The maximum absolute atomic E-state index is 13.4. The van der Waals surface area contributed by atoms with Crippen LogP contribution in [-0.2, 0) is 4.79 Å². The topological polar surface area (TPSA) is 117 Å². The molecule has 0 spiro atoms. The van der Waals surface area contributed by atoms with Crippen molar-refractivity contribution in [2.45, 2.75) is 39.7 Å². The molecule has 5 rings (SSSR count). The molecule has 2 N–H and O–H groups in total. The maximum Gasteiger partial charge on any atom is 0.331 e. The molecule has 198 valence electrons. The first kappa shape index (κ1) is 25.7. The Hall–Kier alpha value is -3.99. The summed E-state index contributed by atoms with van der Waals surface area (Å²) in [5, 5.41) is 6.66. The van der Waals surface area contributed by atoms with Gasteiger partial charge in [0.25, 0.3) is 5.91 Å². The summed E-state index contributed by atoms with van der Waals surface area (Å²) in [7, 11) is 0. The summed E-state index contributed by atoms with van der Waals surface area (Å²) in [6, 6.07) is 3.00. The van der Waals surface area contributed by atoms with Crippen LogP contribution in [0.5, 0.6) is 5.88 Å². The predicted molar refractivity (Wildman–Crippen MR) is 147 cm³/mol. The molecular weight excluding hydrogens is 504 g/mol. The molecule has 10 nitrogen and oxygen atoms in total. The van der Waals surface area contributed by atoms with Gasteiger partial charge < -0.3 is 20.3 Å². The Labute approximate surface area is 224 Å². The number of amides is 4. The molecule has 2 aliphatic heterocycles. The van der Waals surface area contributed by atoms with Gasteiger partial charge in [0.1, 0.15) is 9.71 Å². The van der Waals surface area contributed by atoms with Gasteiger partial charge in [-0.25, -0.2) is 14.8 Å². The number of piperidine rings is 1. The molecule has 0 unspecified atom stereocenters. The molecule has 0 aliphatic carbocycles. The van der Waals surface area contributed by atoms with Crippen LogP contribution in [0.15, 0.2) is 37.2 Å². The molecule has 3 aromatic heterocycles. The van der Waals surface area contributed by atoms with Gasteiger partial charge in [-0.15, -0.1) is 11.3 Å². The van der Waals surface area contributed by atoms with Crippen molar-refractivity contribution in [3.63, 3.8) is 0 Å². The Kier molecular flexibility index (Phi) is 7.02. The standard InChI is InChI=1S/C27H30N6O4S/c1-5-21(34)32-10-6-7-17(13-32)30-25(35)24-23-22-18(8-9-28-26(22)38-24)33(27(36)31-23)19-12-29-20(11-16(19)4)37-14-15(2)3/h5,8-9,11-12,15,17H,1,6-7,10,13-14H2,2-4H3,(H,30,35)(H,31,36)/t17-/m1/s1. The lowest BCUT2D eigenvalue weighted by molar-refractivity contribution is -0.127. The highest BCUT2D eigenvalue weighted by Gasteiger charge is 2.34. The van der Waals surface area contributed by atoms with E-state index in [1.54, 1.807) is 28.3 Å². The van der Waals surface area contributed by atoms with Gasteiger partial charge in [0.05, 0.1) is 35.3 Å². The van der Waals surface area contributed by atoms with Crippen LogP contribution in [0, 0.1) is 12.8 Å². The summed E-state index contributed by atoms with van der Waals surface area (Å²) in [4.78, 5) is 52.0. The lowest BCUT2D eigenvalue weighted by atomic mass is 10.1. The van der Waals surface area contributed by atoms with Gasteiger partial charge in [-0.3, -0.25) is 14.5 Å². The first-order valence-corrected chi connectivity index (χ1v) is 13.4. The molecule has 0 aromatic carbocycles. The van der Waals surface area contributed by atoms with Crippen molar-refractivity contribution in [2.75, 3.05) is 29.9 Å². The first-order chi connectivity index (χ1) is 18.3. The third-order valence-corrected chi connectivity index (χ3v) is 7.66. The van der Waals surface area contributed by atoms with Crippen LogP contribution in [0.4, 0.5) is 21.9 Å². The van der Waals surface area contributed by atoms with Crippen molar-refractivity contribution in [3.05, 3.63) is 47.6 Å². The van der Waals surface area contributed by atoms with Gasteiger partial charge in [0.2, 0.25) is 11.8 Å². The van der Waals surface area contributed by atoms with E-state index in [9.17, 15) is 14.4 Å². The Morgan fingerprint density at radius 3 is 2.89 bits per heavy atom. The number of carbonyl (C=O) groups is 3. The van der Waals surface area contributed by atoms with Gasteiger partial charge in [0, 0.05) is 31.4 Å². The second-order valence-electron chi connectivity index (χ2n) is 9.90. The third kappa shape index (κ3) is 4.81. The number of hydrogen-bond donors (Lipinski definition) is 2. The molecule has 38 heavy (non-hydrogen) atoms. The second kappa shape index (κ2) is 10.4. The molecule has 1 atom stereocenters. The van der Waals surface area contributed by atoms with E-state index >= 15 is 0 Å². The minimum absolute atomic E-state index is 0.147. The summed E-state index contributed by atoms with van der Waals surface area (Å²) in [5.41, 5.74) is 2.52. The van der Waals surface area contributed by atoms with Gasteiger partial charge in [-0.1, -0.05) is 20.4 Å². The largest absolute Gasteiger partial charge is 0.477 e. The number of thiophene rings is 1. The van der Waals surface area contributed by atoms with E-state index in [1.165, 1.54) is 17.4 Å². The molecule has 1 saturated heterocycles. The summed E-state index contributed by atoms with van der Waals surface area (Å²) in [5.74, 6) is 0.421. The van der Waals surface area contributed by atoms with E-state index in [1.807, 2.05) is 13.0 Å². The number of pyridine rings is 2. The van der Waals surface area contributed by atoms with Crippen LogP contribution >= 0.6 is 11.3 Å². The number of rotatable bonds is 7. The predicted octanol–water partition coefficient (Wildman–Crippen LogP) is 4.62. The second-order valence-corrected chi connectivity index (χ2v) is 10.9. The van der Waals surface area contributed by atoms with Crippen LogP contribution < -0.4 is 20.3 Å². The number of hydrogen-bond acceptors (Lipinski definition) is 7. The van der Waals surface area contributed by atoms with Gasteiger partial charge in [-0.05, 0) is 43.4 Å². The van der Waals surface area contributed by atoms with Gasteiger partial charge in [0.15, 0.2) is 0 Å². The lowest BCUT2D eigenvalue weighted by Gasteiger charge is -2.32. The van der Waals surface area contributed by atoms with Crippen LogP contribution in [0.2, 0.25) is 0 Å². The molecule has 5 heterocycles. The highest BCUT2D eigenvalue weighted by Crippen LogP contribution is 2.46. The number of nitrogens with zero attached hydrogens (tertiary/aromatic N) is 4. The zero-order valence-electron chi connectivity index (χ0n) is 21.6. The number of anilines is 3. The van der Waals surface area contributed by atoms with Gasteiger partial charge in [-0.2, -0.15) is 0 Å². The summed E-state index contributed by atoms with van der Waals surface area (Å²) >= 11 is 1.23. The summed E-state index contributed by atoms with van der Waals surface area (Å²) in [6.07, 6.45) is 6.10. The average molecular weight is 535 g/mol. The molecule has 2 aliphatic rings. The van der Waals surface area contributed by atoms with E-state index in [0.717, 1.165) is 18.4 Å². The third-order valence-electron chi connectivity index (χ3n) is 6.56. The number of carbonyl (C=O) groups excluding carboxylic acids is 3. The van der Waals surface area contributed by atoms with Crippen molar-refractivity contribution < 1.29 is 19.1 Å². The SMILES string of the molecule is C=CC(=O)N1CCC[C@@H](NC(=O)c2sc3nccc4c3c2NC(=O)N4c2cnc(OCC(C)C)cc2C)C1. The molecule has 1 fully saturated rings. The van der Waals surface area contributed by atoms with E-state index < -0.39 is 6.03 Å². The fourth-order valence-electron chi connectivity index (χ4n) is 4.75. The Bertz CT molecular complexity index is 1430. The Balaban J connectivity index is 1.44. The highest BCUT2D eigenvalue weighted by atomic mass is 32.1. The average Bonchev–Trinajstić information content (AvgIpc) is 3.27. The van der Waals surface area contributed by atoms with Crippen molar-refractivity contribution in [1.82, 2.24) is 20.2 Å². The molecule has 0 saturated carbocycles. The van der Waals surface area contributed by atoms with E-state index in [0.29, 0.717) is 63.7 Å². The highest BCUT2D eigenvalue weighted by molar-refractivity contribution is 7.21. The molecule has 4 amide bonds. The molecule has 11 heteroatoms. The number of aromatic nitrogens is 2. The van der Waals surface area contributed by atoms with Crippen molar-refractivity contribution in [3.8, 4) is 5.88 Å². The van der Waals surface area contributed by atoms with Crippen LogP contribution in [-0.4, -0.2) is 58.5 Å². The van der Waals surface area contributed by atoms with Crippen molar-refractivity contribution in [1.29, 1.82) is 0 Å². The fraction of sp³-hybridized carbons (Fsp3) is 0.370. The molecule has 3 aromatic rings. The minimum Gasteiger partial charge on any atom is -0.477 e. The fourth-order valence-corrected chi connectivity index (χ4v) is 5.77. The first-order valence-electron chi connectivity index (χ1n) is 12.6. The van der Waals surface area contributed by atoms with Crippen LogP contribution in [0.3, 0.4) is 0 Å². The van der Waals surface area contributed by atoms with E-state index in [4.69, 9.17) is 4.74 Å². The van der Waals surface area contributed by atoms with Crippen molar-refractivity contribution >= 4 is 56.5 Å². The van der Waals surface area contributed by atoms with Crippen molar-refractivity contribution in [2.24, 2.45) is 5.92 Å². The monoisotopic (exact) mass is 534 g/mol. The maximum atomic E-state index is 13.4.